The van der Waals surface area contributed by atoms with Crippen LogP contribution in [0.5, 0.6) is 5.75 Å². The Bertz CT molecular complexity index is 562. The third-order valence-corrected chi connectivity index (χ3v) is 4.21. The molecule has 0 fully saturated rings. The van der Waals surface area contributed by atoms with Crippen molar-refractivity contribution in [1.82, 2.24) is 4.37 Å². The van der Waals surface area contributed by atoms with Crippen molar-refractivity contribution in [2.24, 2.45) is 4.99 Å². The van der Waals surface area contributed by atoms with Gasteiger partial charge >= 0.3 is 0 Å². The van der Waals surface area contributed by atoms with Crippen molar-refractivity contribution >= 4 is 38.2 Å². The average Bonchev–Trinajstić information content (AvgIpc) is 2.67. The smallest absolute Gasteiger partial charge is 0.179 e. The number of nitrogens with zero attached hydrogens (tertiary/aromatic N) is 2. The molecule has 0 amide bonds. The molecule has 0 unspecified atom stereocenters. The highest BCUT2D eigenvalue weighted by Crippen LogP contribution is 2.23. The van der Waals surface area contributed by atoms with Crippen LogP contribution in [-0.4, -0.2) is 11.5 Å². The van der Waals surface area contributed by atoms with E-state index in [1.807, 2.05) is 25.1 Å². The lowest BCUT2D eigenvalue weighted by atomic mass is 10.2. The van der Waals surface area contributed by atoms with Crippen molar-refractivity contribution in [2.75, 3.05) is 7.11 Å². The molecule has 6 heteroatoms. The van der Waals surface area contributed by atoms with Gasteiger partial charge in [0.25, 0.3) is 0 Å². The third-order valence-electron chi connectivity index (χ3n) is 2.04. The summed E-state index contributed by atoms with van der Waals surface area (Å²) in [5.41, 5.74) is 1.94. The van der Waals surface area contributed by atoms with Gasteiger partial charge in [0.15, 0.2) is 9.82 Å². The Labute approximate surface area is 106 Å². The van der Waals surface area contributed by atoms with Crippen LogP contribution in [0.4, 0.5) is 5.69 Å². The van der Waals surface area contributed by atoms with E-state index in [9.17, 15) is 0 Å². The number of hydrogen-bond donors (Lipinski definition) is 0. The molecule has 0 aliphatic rings. The molecule has 1 aromatic heterocycles. The highest BCUT2D eigenvalue weighted by atomic mass is 35.5. The molecule has 16 heavy (non-hydrogen) atoms. The van der Waals surface area contributed by atoms with Crippen LogP contribution in [0, 0.1) is 6.92 Å². The molecule has 0 spiro atoms. The maximum absolute atomic E-state index is 5.89. The van der Waals surface area contributed by atoms with Gasteiger partial charge < -0.3 is 4.74 Å². The van der Waals surface area contributed by atoms with Crippen LogP contribution in [0.1, 0.15) is 5.56 Å². The second-order valence-electron chi connectivity index (χ2n) is 3.11. The lowest BCUT2D eigenvalue weighted by Crippen LogP contribution is -1.93. The maximum atomic E-state index is 5.89. The highest BCUT2D eigenvalue weighted by molar-refractivity contribution is 7.66. The summed E-state index contributed by atoms with van der Waals surface area (Å²) in [5.74, 6) is 0.828. The normalized spacial score (nSPS) is 11.8. The number of hydrogen-bond acceptors (Lipinski definition) is 5. The molecule has 0 N–H and O–H groups in total. The van der Waals surface area contributed by atoms with Crippen LogP contribution in [0.15, 0.2) is 23.2 Å². The Morgan fingerprint density at radius 3 is 2.81 bits per heavy atom. The summed E-state index contributed by atoms with van der Waals surface area (Å²) in [7, 11) is 4.45. The SMILES string of the molecule is COc1ccc(N=c2ssnc2Cl)c(C)c1. The first-order valence-electron chi connectivity index (χ1n) is 4.51. The molecule has 0 aliphatic carbocycles. The minimum atomic E-state index is 0.463. The zero-order chi connectivity index (χ0) is 11.5. The Kier molecular flexibility index (Phi) is 3.58. The molecule has 1 heterocycles. The lowest BCUT2D eigenvalue weighted by molar-refractivity contribution is 0.414. The fourth-order valence-corrected chi connectivity index (χ4v) is 3.20. The maximum Gasteiger partial charge on any atom is 0.179 e. The highest BCUT2D eigenvalue weighted by Gasteiger charge is 2.01. The second-order valence-corrected chi connectivity index (χ2v) is 5.30. The molecule has 2 aromatic rings. The van der Waals surface area contributed by atoms with E-state index < -0.39 is 0 Å². The molecule has 1 aromatic carbocycles. The third kappa shape index (κ3) is 2.42. The minimum Gasteiger partial charge on any atom is -0.497 e. The summed E-state index contributed by atoms with van der Waals surface area (Å²) in [6, 6.07) is 5.73. The van der Waals surface area contributed by atoms with E-state index in [2.05, 4.69) is 9.37 Å². The van der Waals surface area contributed by atoms with Gasteiger partial charge in [-0.05, 0) is 41.0 Å². The lowest BCUT2D eigenvalue weighted by Gasteiger charge is -2.02. The van der Waals surface area contributed by atoms with Gasteiger partial charge in [-0.1, -0.05) is 11.6 Å². The summed E-state index contributed by atoms with van der Waals surface area (Å²) in [6.07, 6.45) is 0. The van der Waals surface area contributed by atoms with E-state index in [4.69, 9.17) is 16.3 Å². The molecule has 0 saturated carbocycles. The number of methoxy groups -OCH3 is 1. The average molecular weight is 273 g/mol. The molecule has 0 bridgehead atoms. The summed E-state index contributed by atoms with van der Waals surface area (Å²) in [5, 5.41) is 0.463. The van der Waals surface area contributed by atoms with Gasteiger partial charge in [-0.15, -0.1) is 0 Å². The first-order valence-corrected chi connectivity index (χ1v) is 7.00. The largest absolute Gasteiger partial charge is 0.497 e. The first-order chi connectivity index (χ1) is 7.70. The van der Waals surface area contributed by atoms with Gasteiger partial charge in [-0.25, -0.2) is 4.99 Å². The van der Waals surface area contributed by atoms with Crippen molar-refractivity contribution in [3.8, 4) is 5.75 Å². The summed E-state index contributed by atoms with van der Waals surface area (Å²) >= 11 is 5.89. The number of halogens is 1. The Balaban J connectivity index is 2.47. The molecule has 0 atom stereocenters. The van der Waals surface area contributed by atoms with Crippen molar-refractivity contribution in [3.05, 3.63) is 33.6 Å². The monoisotopic (exact) mass is 272 g/mol. The molecule has 3 nitrogen and oxygen atoms in total. The molecule has 84 valence electrons. The molecule has 0 radical (unpaired) electrons. The van der Waals surface area contributed by atoms with Crippen LogP contribution < -0.4 is 9.41 Å². The Morgan fingerprint density at radius 2 is 2.25 bits per heavy atom. The molecular formula is C10H9ClN2OS2. The van der Waals surface area contributed by atoms with Crippen molar-refractivity contribution in [1.29, 1.82) is 0 Å². The van der Waals surface area contributed by atoms with Crippen LogP contribution in [-0.2, 0) is 0 Å². The van der Waals surface area contributed by atoms with Crippen LogP contribution in [0.25, 0.3) is 0 Å². The topological polar surface area (TPSA) is 34.5 Å². The summed E-state index contributed by atoms with van der Waals surface area (Å²) in [4.78, 5) is 4.45. The zero-order valence-electron chi connectivity index (χ0n) is 8.73. The fraction of sp³-hybridized carbons (Fsp3) is 0.200. The summed E-state index contributed by atoms with van der Waals surface area (Å²) in [6.45, 7) is 1.99. The van der Waals surface area contributed by atoms with Gasteiger partial charge in [-0.2, -0.15) is 4.37 Å². The zero-order valence-corrected chi connectivity index (χ0v) is 11.1. The van der Waals surface area contributed by atoms with Crippen molar-refractivity contribution in [2.45, 2.75) is 6.92 Å². The predicted octanol–water partition coefficient (Wildman–Crippen LogP) is 3.41. The fourth-order valence-electron chi connectivity index (χ4n) is 1.21. The predicted molar refractivity (Wildman–Crippen MR) is 68.0 cm³/mol. The van der Waals surface area contributed by atoms with Gasteiger partial charge in [0.05, 0.1) is 12.8 Å². The quantitative estimate of drug-likeness (QED) is 0.785. The molecule has 2 rings (SSSR count). The number of aromatic nitrogens is 1. The van der Waals surface area contributed by atoms with E-state index in [-0.39, 0.29) is 0 Å². The van der Waals surface area contributed by atoms with E-state index in [1.165, 1.54) is 20.9 Å². The first kappa shape index (κ1) is 11.6. The molecule has 0 saturated heterocycles. The molecule has 0 aliphatic heterocycles. The van der Waals surface area contributed by atoms with E-state index in [0.29, 0.717) is 5.15 Å². The van der Waals surface area contributed by atoms with Gasteiger partial charge in [0, 0.05) is 10.5 Å². The van der Waals surface area contributed by atoms with Crippen LogP contribution in [0.2, 0.25) is 5.15 Å². The summed E-state index contributed by atoms with van der Waals surface area (Å²) < 4.78 is 9.87. The van der Waals surface area contributed by atoms with Gasteiger partial charge in [0.1, 0.15) is 5.75 Å². The molecular weight excluding hydrogens is 264 g/mol. The van der Waals surface area contributed by atoms with Gasteiger partial charge in [-0.3, -0.25) is 0 Å². The standard InChI is InChI=1S/C10H9ClN2OS2/c1-6-5-7(14-2)3-4-8(6)12-10-9(11)13-16-15-10/h3-5H,1-2H3. The van der Waals surface area contributed by atoms with Crippen LogP contribution in [0.3, 0.4) is 0 Å². The van der Waals surface area contributed by atoms with Crippen molar-refractivity contribution < 1.29 is 4.74 Å². The Morgan fingerprint density at radius 1 is 1.44 bits per heavy atom. The second kappa shape index (κ2) is 4.95. The number of benzene rings is 1. The van der Waals surface area contributed by atoms with Gasteiger partial charge in [0.2, 0.25) is 0 Å². The number of ether oxygens (including phenoxy) is 1. The number of aryl methyl sites for hydroxylation is 1. The Hall–Kier alpha value is -0.910. The minimum absolute atomic E-state index is 0.463. The van der Waals surface area contributed by atoms with E-state index in [0.717, 1.165) is 21.7 Å². The van der Waals surface area contributed by atoms with E-state index in [1.54, 1.807) is 7.11 Å². The van der Waals surface area contributed by atoms with Crippen molar-refractivity contribution in [3.63, 3.8) is 0 Å². The van der Waals surface area contributed by atoms with Crippen LogP contribution >= 0.6 is 32.5 Å². The number of rotatable bonds is 2. The van der Waals surface area contributed by atoms with E-state index >= 15 is 0 Å².